The molecule has 7 aliphatic rings. The fourth-order valence-electron chi connectivity index (χ4n) is 10.8. The van der Waals surface area contributed by atoms with Crippen LogP contribution in [0.1, 0.15) is 96.1 Å². The van der Waals surface area contributed by atoms with Crippen molar-refractivity contribution in [3.8, 4) is 0 Å². The van der Waals surface area contributed by atoms with Gasteiger partial charge >= 0.3 is 0 Å². The molecule has 59 heavy (non-hydrogen) atoms. The summed E-state index contributed by atoms with van der Waals surface area (Å²) < 4.78 is 2.83. The molecule has 2 heterocycles. The molecule has 4 unspecified atom stereocenters. The normalized spacial score (nSPS) is 23.2. The molecular formula is C56H47NS2. The number of rotatable bonds is 6. The number of thiophene rings is 1. The zero-order valence-electron chi connectivity index (χ0n) is 33.3. The van der Waals surface area contributed by atoms with E-state index in [2.05, 4.69) is 169 Å². The summed E-state index contributed by atoms with van der Waals surface area (Å²) in [6.45, 7) is 0. The zero-order chi connectivity index (χ0) is 38.9. The zero-order valence-corrected chi connectivity index (χ0v) is 35.0. The lowest BCUT2D eigenvalue weighted by Gasteiger charge is -2.32. The minimum absolute atomic E-state index is 0.364. The van der Waals surface area contributed by atoms with Crippen LogP contribution in [0, 0.1) is 0 Å². The number of hydrogen-bond acceptors (Lipinski definition) is 3. The van der Waals surface area contributed by atoms with E-state index >= 15 is 0 Å². The second kappa shape index (κ2) is 14.7. The van der Waals surface area contributed by atoms with Gasteiger partial charge in [0.1, 0.15) is 0 Å². The number of thioether (sulfide) groups is 1. The summed E-state index contributed by atoms with van der Waals surface area (Å²) in [6, 6.07) is 28.3. The van der Waals surface area contributed by atoms with Gasteiger partial charge < -0.3 is 4.90 Å². The van der Waals surface area contributed by atoms with Crippen LogP contribution >= 0.6 is 23.1 Å². The first-order valence-corrected chi connectivity index (χ1v) is 23.5. The molecule has 0 fully saturated rings. The summed E-state index contributed by atoms with van der Waals surface area (Å²) in [4.78, 5) is 4.08. The first-order valence-electron chi connectivity index (χ1n) is 21.8. The highest BCUT2D eigenvalue weighted by molar-refractivity contribution is 8.00. The van der Waals surface area contributed by atoms with Crippen molar-refractivity contribution >= 4 is 74.4 Å². The minimum atomic E-state index is 0.364. The number of anilines is 1. The van der Waals surface area contributed by atoms with E-state index in [0.29, 0.717) is 23.0 Å². The highest BCUT2D eigenvalue weighted by Crippen LogP contribution is 2.51. The van der Waals surface area contributed by atoms with E-state index < -0.39 is 0 Å². The topological polar surface area (TPSA) is 3.24 Å². The Balaban J connectivity index is 0.948. The summed E-state index contributed by atoms with van der Waals surface area (Å²) in [5, 5.41) is 6.13. The standard InChI is InChI=1S/C56H47NS2/c1-2-11-37(12-3-1)47-17-8-18-48-49-19-9-20-51(56(49)59-55(47)48)57(43-32-27-39(28-33-43)46-16-10-22-53-54(46)50-15-6-7-21-52(50)58-53)42-30-25-36(26-31-42)40-29-34-45-41(35-40)24-23-38-13-4-5-14-44(38)45/h2,5-8,10-12,14-19,21-27,30-35,39-40,50,52H,1,3-4,9,13,20,28-29H2. The van der Waals surface area contributed by atoms with Gasteiger partial charge in [-0.2, -0.15) is 0 Å². The Morgan fingerprint density at radius 2 is 1.56 bits per heavy atom. The highest BCUT2D eigenvalue weighted by Gasteiger charge is 2.34. The Morgan fingerprint density at radius 1 is 0.661 bits per heavy atom. The van der Waals surface area contributed by atoms with Crippen molar-refractivity contribution in [2.45, 2.75) is 79.3 Å². The van der Waals surface area contributed by atoms with Gasteiger partial charge in [-0.1, -0.05) is 140 Å². The third-order valence-corrected chi connectivity index (χ3v) is 16.3. The molecule has 5 aromatic rings. The molecule has 3 heteroatoms. The number of benzene rings is 4. The smallest absolute Gasteiger partial charge is 0.0551 e. The Bertz CT molecular complexity index is 3050. The minimum Gasteiger partial charge on any atom is -0.313 e. The SMILES string of the molecule is C1=CC2Sc3cccc(C4C=CC(N(C5=c6sc7c(C8=CCCC=C8)cccc7c6=CCC5)c5ccc(C6C=c7ccc8c(c7=CC6)C=CCC8)cc5)=CC4)c3C2C=C1. The van der Waals surface area contributed by atoms with Gasteiger partial charge in [-0.25, -0.2) is 0 Å². The van der Waals surface area contributed by atoms with Crippen molar-refractivity contribution in [1.29, 1.82) is 0 Å². The average molecular weight is 798 g/mol. The lowest BCUT2D eigenvalue weighted by Crippen LogP contribution is -2.34. The molecule has 0 N–H and O–H groups in total. The van der Waals surface area contributed by atoms with Crippen LogP contribution in [0.15, 0.2) is 150 Å². The van der Waals surface area contributed by atoms with Crippen LogP contribution in [0.2, 0.25) is 0 Å². The van der Waals surface area contributed by atoms with Crippen molar-refractivity contribution in [2.75, 3.05) is 4.90 Å². The lowest BCUT2D eigenvalue weighted by atomic mass is 9.82. The number of aryl methyl sites for hydroxylation is 1. The number of nitrogens with zero attached hydrogens (tertiary/aromatic N) is 1. The summed E-state index contributed by atoms with van der Waals surface area (Å²) in [7, 11) is 0. The molecule has 4 atom stereocenters. The maximum absolute atomic E-state index is 2.62. The van der Waals surface area contributed by atoms with Crippen molar-refractivity contribution in [1.82, 2.24) is 0 Å². The maximum atomic E-state index is 2.62. The van der Waals surface area contributed by atoms with Crippen molar-refractivity contribution in [2.24, 2.45) is 0 Å². The lowest BCUT2D eigenvalue weighted by molar-refractivity contribution is 0.786. The third-order valence-electron chi connectivity index (χ3n) is 13.7. The largest absolute Gasteiger partial charge is 0.313 e. The summed E-state index contributed by atoms with van der Waals surface area (Å²) in [5.41, 5.74) is 14.1. The molecule has 0 radical (unpaired) electrons. The predicted molar refractivity (Wildman–Crippen MR) is 254 cm³/mol. The van der Waals surface area contributed by atoms with Gasteiger partial charge in [0.2, 0.25) is 0 Å². The van der Waals surface area contributed by atoms with Gasteiger partial charge in [-0.05, 0) is 130 Å². The Kier molecular flexibility index (Phi) is 8.88. The van der Waals surface area contributed by atoms with E-state index in [4.69, 9.17) is 0 Å². The van der Waals surface area contributed by atoms with Crippen molar-refractivity contribution in [3.05, 3.63) is 199 Å². The van der Waals surface area contributed by atoms with Crippen molar-refractivity contribution < 1.29 is 0 Å². The van der Waals surface area contributed by atoms with E-state index in [9.17, 15) is 0 Å². The molecule has 1 aliphatic heterocycles. The Morgan fingerprint density at radius 3 is 2.46 bits per heavy atom. The molecule has 4 aromatic carbocycles. The van der Waals surface area contributed by atoms with Crippen LogP contribution in [-0.4, -0.2) is 5.25 Å². The second-order valence-corrected chi connectivity index (χ2v) is 19.3. The average Bonchev–Trinajstić information content (AvgIpc) is 3.89. The van der Waals surface area contributed by atoms with Gasteiger partial charge in [-0.3, -0.25) is 0 Å². The van der Waals surface area contributed by atoms with Crippen LogP contribution in [-0.2, 0) is 6.42 Å². The van der Waals surface area contributed by atoms with Gasteiger partial charge in [0.25, 0.3) is 0 Å². The molecular weight excluding hydrogens is 751 g/mol. The summed E-state index contributed by atoms with van der Waals surface area (Å²) in [6.07, 6.45) is 44.7. The van der Waals surface area contributed by atoms with E-state index in [0.717, 1.165) is 51.4 Å². The fourth-order valence-corrected chi connectivity index (χ4v) is 13.5. The highest BCUT2D eigenvalue weighted by atomic mass is 32.2. The van der Waals surface area contributed by atoms with E-state index in [-0.39, 0.29) is 0 Å². The molecule has 1 nitrogen and oxygen atoms in total. The number of allylic oxidation sites excluding steroid dienone is 11. The van der Waals surface area contributed by atoms with E-state index in [1.165, 1.54) is 85.6 Å². The number of hydrogen-bond donors (Lipinski definition) is 0. The predicted octanol–water partition coefficient (Wildman–Crippen LogP) is 11.8. The molecule has 1 aromatic heterocycles. The van der Waals surface area contributed by atoms with Gasteiger partial charge in [-0.15, -0.1) is 23.1 Å². The molecule has 6 aliphatic carbocycles. The molecule has 0 amide bonds. The van der Waals surface area contributed by atoms with Crippen LogP contribution in [0.5, 0.6) is 0 Å². The first-order chi connectivity index (χ1) is 29.2. The Labute approximate surface area is 355 Å². The van der Waals surface area contributed by atoms with Crippen LogP contribution in [0.4, 0.5) is 5.69 Å². The molecule has 0 saturated heterocycles. The molecule has 0 spiro atoms. The monoisotopic (exact) mass is 797 g/mol. The Hall–Kier alpha value is -5.35. The van der Waals surface area contributed by atoms with Gasteiger partial charge in [0.05, 0.1) is 4.53 Å². The first kappa shape index (κ1) is 35.6. The van der Waals surface area contributed by atoms with E-state index in [1.54, 1.807) is 5.56 Å². The fraction of sp³-hybridized carbons (Fsp3) is 0.214. The molecule has 0 bridgehead atoms. The van der Waals surface area contributed by atoms with E-state index in [1.807, 2.05) is 23.1 Å². The molecule has 288 valence electrons. The molecule has 12 rings (SSSR count). The second-order valence-electron chi connectivity index (χ2n) is 17.0. The summed E-state index contributed by atoms with van der Waals surface area (Å²) in [5.74, 6) is 1.20. The van der Waals surface area contributed by atoms with Crippen LogP contribution < -0.4 is 25.1 Å². The summed E-state index contributed by atoms with van der Waals surface area (Å²) >= 11 is 4.03. The number of fused-ring (bicyclic) bond motifs is 9. The van der Waals surface area contributed by atoms with Gasteiger partial charge in [0.15, 0.2) is 0 Å². The maximum Gasteiger partial charge on any atom is 0.0551 e. The molecule has 0 saturated carbocycles. The third kappa shape index (κ3) is 6.11. The van der Waals surface area contributed by atoms with Crippen LogP contribution in [0.25, 0.3) is 45.7 Å². The van der Waals surface area contributed by atoms with Crippen LogP contribution in [0.3, 0.4) is 0 Å². The van der Waals surface area contributed by atoms with Crippen molar-refractivity contribution in [3.63, 3.8) is 0 Å². The quantitative estimate of drug-likeness (QED) is 0.168. The van der Waals surface area contributed by atoms with Gasteiger partial charge in [0, 0.05) is 55.1 Å².